The Kier molecular flexibility index (Phi) is 5.64. The van der Waals surface area contributed by atoms with Gasteiger partial charge in [0, 0.05) is 0 Å². The molecule has 0 radical (unpaired) electrons. The molecule has 0 heterocycles. The fourth-order valence-corrected chi connectivity index (χ4v) is 0.793. The third-order valence-electron chi connectivity index (χ3n) is 1.78. The van der Waals surface area contributed by atoms with Gasteiger partial charge in [-0.25, -0.2) is 0 Å². The summed E-state index contributed by atoms with van der Waals surface area (Å²) in [6.45, 7) is 3.89. The van der Waals surface area contributed by atoms with Crippen LogP contribution >= 0.6 is 0 Å². The van der Waals surface area contributed by atoms with E-state index < -0.39 is 0 Å². The summed E-state index contributed by atoms with van der Waals surface area (Å²) in [4.78, 5) is 0. The summed E-state index contributed by atoms with van der Waals surface area (Å²) >= 11 is 0. The van der Waals surface area contributed by atoms with Crippen molar-refractivity contribution in [1.29, 1.82) is 0 Å². The number of hydrogen-bond donors (Lipinski definition) is 2. The van der Waals surface area contributed by atoms with Gasteiger partial charge in [0.1, 0.15) is 0 Å². The zero-order valence-corrected chi connectivity index (χ0v) is 6.88. The molecule has 0 aliphatic carbocycles. The molecular formula is C8H18O2. The standard InChI is InChI=1S/C8H18O2/c1-3-7(9)5-6-8(10)4-2/h7-10H,3-6H2,1-2H3/t7-,8?/m0/s1. The first kappa shape index (κ1) is 9.92. The van der Waals surface area contributed by atoms with Crippen LogP contribution in [-0.2, 0) is 0 Å². The molecule has 0 aliphatic rings. The molecular weight excluding hydrogens is 128 g/mol. The molecule has 1 unspecified atom stereocenters. The fraction of sp³-hybridized carbons (Fsp3) is 1.00. The SMILES string of the molecule is CCC(O)CC[C@@H](O)CC. The summed E-state index contributed by atoms with van der Waals surface area (Å²) in [5.74, 6) is 0. The van der Waals surface area contributed by atoms with Crippen molar-refractivity contribution in [3.63, 3.8) is 0 Å². The maximum absolute atomic E-state index is 9.09. The summed E-state index contributed by atoms with van der Waals surface area (Å²) in [7, 11) is 0. The minimum absolute atomic E-state index is 0.221. The molecule has 0 saturated heterocycles. The van der Waals surface area contributed by atoms with Crippen LogP contribution in [0.25, 0.3) is 0 Å². The lowest BCUT2D eigenvalue weighted by atomic mass is 10.1. The summed E-state index contributed by atoms with van der Waals surface area (Å²) < 4.78 is 0. The molecule has 2 N–H and O–H groups in total. The Morgan fingerprint density at radius 1 is 0.900 bits per heavy atom. The molecule has 2 nitrogen and oxygen atoms in total. The average Bonchev–Trinajstić information content (AvgIpc) is 1.99. The second-order valence-corrected chi connectivity index (χ2v) is 2.70. The fourth-order valence-electron chi connectivity index (χ4n) is 0.793. The molecule has 0 aromatic heterocycles. The second kappa shape index (κ2) is 5.69. The van der Waals surface area contributed by atoms with Gasteiger partial charge in [0.05, 0.1) is 12.2 Å². The number of aliphatic hydroxyl groups excluding tert-OH is 2. The van der Waals surface area contributed by atoms with E-state index in [0.717, 1.165) is 25.7 Å². The Bertz CT molecular complexity index is 63.7. The highest BCUT2D eigenvalue weighted by molar-refractivity contribution is 4.57. The zero-order valence-electron chi connectivity index (χ0n) is 6.88. The molecule has 0 fully saturated rings. The molecule has 0 saturated carbocycles. The van der Waals surface area contributed by atoms with E-state index >= 15 is 0 Å². The summed E-state index contributed by atoms with van der Waals surface area (Å²) in [5, 5.41) is 18.2. The number of aliphatic hydroxyl groups is 2. The van der Waals surface area contributed by atoms with E-state index in [9.17, 15) is 0 Å². The highest BCUT2D eigenvalue weighted by atomic mass is 16.3. The first-order valence-corrected chi connectivity index (χ1v) is 4.06. The van der Waals surface area contributed by atoms with Crippen molar-refractivity contribution in [2.45, 2.75) is 51.7 Å². The summed E-state index contributed by atoms with van der Waals surface area (Å²) in [5.41, 5.74) is 0. The average molecular weight is 146 g/mol. The van der Waals surface area contributed by atoms with Crippen LogP contribution in [0.3, 0.4) is 0 Å². The van der Waals surface area contributed by atoms with Crippen LogP contribution in [0.4, 0.5) is 0 Å². The minimum atomic E-state index is -0.221. The Morgan fingerprint density at radius 3 is 1.40 bits per heavy atom. The second-order valence-electron chi connectivity index (χ2n) is 2.70. The van der Waals surface area contributed by atoms with Gasteiger partial charge in [-0.1, -0.05) is 13.8 Å². The van der Waals surface area contributed by atoms with Crippen molar-refractivity contribution in [3.8, 4) is 0 Å². The molecule has 0 aromatic rings. The molecule has 2 atom stereocenters. The van der Waals surface area contributed by atoms with Crippen LogP contribution in [0.1, 0.15) is 39.5 Å². The Hall–Kier alpha value is -0.0800. The maximum Gasteiger partial charge on any atom is 0.0538 e. The quantitative estimate of drug-likeness (QED) is 0.614. The van der Waals surface area contributed by atoms with E-state index in [1.54, 1.807) is 0 Å². The van der Waals surface area contributed by atoms with Gasteiger partial charge in [0.2, 0.25) is 0 Å². The molecule has 10 heavy (non-hydrogen) atoms. The monoisotopic (exact) mass is 146 g/mol. The van der Waals surface area contributed by atoms with Crippen LogP contribution in [0, 0.1) is 0 Å². The molecule has 2 heteroatoms. The van der Waals surface area contributed by atoms with Gasteiger partial charge in [-0.15, -0.1) is 0 Å². The van der Waals surface area contributed by atoms with Crippen LogP contribution in [0.2, 0.25) is 0 Å². The highest BCUT2D eigenvalue weighted by Crippen LogP contribution is 2.06. The lowest BCUT2D eigenvalue weighted by Gasteiger charge is -2.10. The van der Waals surface area contributed by atoms with E-state index in [2.05, 4.69) is 0 Å². The maximum atomic E-state index is 9.09. The normalized spacial score (nSPS) is 16.8. The van der Waals surface area contributed by atoms with Crippen LogP contribution in [0.5, 0.6) is 0 Å². The molecule has 0 bridgehead atoms. The lowest BCUT2D eigenvalue weighted by molar-refractivity contribution is 0.109. The van der Waals surface area contributed by atoms with Crippen molar-refractivity contribution in [1.82, 2.24) is 0 Å². The van der Waals surface area contributed by atoms with Crippen molar-refractivity contribution < 1.29 is 10.2 Å². The van der Waals surface area contributed by atoms with E-state index in [-0.39, 0.29) is 12.2 Å². The Balaban J connectivity index is 3.17. The van der Waals surface area contributed by atoms with Gasteiger partial charge >= 0.3 is 0 Å². The van der Waals surface area contributed by atoms with Crippen LogP contribution in [-0.4, -0.2) is 22.4 Å². The van der Waals surface area contributed by atoms with Gasteiger partial charge in [0.25, 0.3) is 0 Å². The molecule has 62 valence electrons. The first-order valence-electron chi connectivity index (χ1n) is 4.06. The summed E-state index contributed by atoms with van der Waals surface area (Å²) in [6, 6.07) is 0. The van der Waals surface area contributed by atoms with Crippen molar-refractivity contribution in [3.05, 3.63) is 0 Å². The first-order chi connectivity index (χ1) is 4.70. The van der Waals surface area contributed by atoms with E-state index in [4.69, 9.17) is 10.2 Å². The topological polar surface area (TPSA) is 40.5 Å². The van der Waals surface area contributed by atoms with Gasteiger partial charge in [-0.05, 0) is 25.7 Å². The predicted molar refractivity (Wildman–Crippen MR) is 41.8 cm³/mol. The third kappa shape index (κ3) is 4.77. The van der Waals surface area contributed by atoms with Gasteiger partial charge in [0.15, 0.2) is 0 Å². The predicted octanol–water partition coefficient (Wildman–Crippen LogP) is 1.31. The van der Waals surface area contributed by atoms with Gasteiger partial charge in [-0.2, -0.15) is 0 Å². The minimum Gasteiger partial charge on any atom is -0.393 e. The highest BCUT2D eigenvalue weighted by Gasteiger charge is 2.04. The zero-order chi connectivity index (χ0) is 7.98. The van der Waals surface area contributed by atoms with Gasteiger partial charge in [-0.3, -0.25) is 0 Å². The molecule has 0 spiro atoms. The van der Waals surface area contributed by atoms with Crippen molar-refractivity contribution in [2.24, 2.45) is 0 Å². The van der Waals surface area contributed by atoms with E-state index in [1.165, 1.54) is 0 Å². The molecule has 0 amide bonds. The van der Waals surface area contributed by atoms with Crippen LogP contribution < -0.4 is 0 Å². The van der Waals surface area contributed by atoms with Crippen molar-refractivity contribution >= 4 is 0 Å². The molecule has 0 aromatic carbocycles. The lowest BCUT2D eigenvalue weighted by Crippen LogP contribution is -2.11. The van der Waals surface area contributed by atoms with Crippen LogP contribution in [0.15, 0.2) is 0 Å². The number of hydrogen-bond acceptors (Lipinski definition) is 2. The van der Waals surface area contributed by atoms with E-state index in [1.807, 2.05) is 13.8 Å². The van der Waals surface area contributed by atoms with E-state index in [0.29, 0.717) is 0 Å². The largest absolute Gasteiger partial charge is 0.393 e. The van der Waals surface area contributed by atoms with Gasteiger partial charge < -0.3 is 10.2 Å². The third-order valence-corrected chi connectivity index (χ3v) is 1.78. The molecule has 0 aliphatic heterocycles. The number of rotatable bonds is 5. The smallest absolute Gasteiger partial charge is 0.0538 e. The van der Waals surface area contributed by atoms with Crippen molar-refractivity contribution in [2.75, 3.05) is 0 Å². The Labute approximate surface area is 62.9 Å². The Morgan fingerprint density at radius 2 is 1.20 bits per heavy atom. The molecule has 0 rings (SSSR count). The summed E-state index contributed by atoms with van der Waals surface area (Å²) in [6.07, 6.45) is 2.59.